The lowest BCUT2D eigenvalue weighted by atomic mass is 10.2. The molecule has 0 spiro atoms. The number of anilines is 2. The molecule has 0 unspecified atom stereocenters. The van der Waals surface area contributed by atoms with Crippen molar-refractivity contribution in [1.29, 1.82) is 0 Å². The summed E-state index contributed by atoms with van der Waals surface area (Å²) in [4.78, 5) is 22.7. The average Bonchev–Trinajstić information content (AvgIpc) is 2.71. The number of nitro groups is 1. The van der Waals surface area contributed by atoms with Gasteiger partial charge in [-0.1, -0.05) is 29.8 Å². The van der Waals surface area contributed by atoms with Crippen molar-refractivity contribution >= 4 is 34.6 Å². The Morgan fingerprint density at radius 1 is 1.07 bits per heavy atom. The number of halogens is 1. The third kappa shape index (κ3) is 5.96. The summed E-state index contributed by atoms with van der Waals surface area (Å²) in [6, 6.07) is 18.8. The highest BCUT2D eigenvalue weighted by Gasteiger charge is 2.10. The van der Waals surface area contributed by atoms with Crippen molar-refractivity contribution in [3.05, 3.63) is 93.0 Å². The first-order valence-corrected chi connectivity index (χ1v) is 9.54. The van der Waals surface area contributed by atoms with Crippen LogP contribution in [0, 0.1) is 17.0 Å². The summed E-state index contributed by atoms with van der Waals surface area (Å²) in [6.07, 6.45) is 0. The highest BCUT2D eigenvalue weighted by Crippen LogP contribution is 2.25. The summed E-state index contributed by atoms with van der Waals surface area (Å²) in [5.74, 6) is 0.213. The van der Waals surface area contributed by atoms with Gasteiger partial charge in [-0.3, -0.25) is 14.9 Å². The molecule has 154 valence electrons. The Morgan fingerprint density at radius 3 is 2.60 bits per heavy atom. The van der Waals surface area contributed by atoms with E-state index in [0.29, 0.717) is 28.7 Å². The van der Waals surface area contributed by atoms with Gasteiger partial charge in [-0.05, 0) is 48.9 Å². The van der Waals surface area contributed by atoms with Gasteiger partial charge < -0.3 is 15.4 Å². The van der Waals surface area contributed by atoms with Crippen LogP contribution in [0.25, 0.3) is 0 Å². The van der Waals surface area contributed by atoms with Gasteiger partial charge in [0.25, 0.3) is 11.6 Å². The molecule has 0 aliphatic rings. The van der Waals surface area contributed by atoms with E-state index in [1.807, 2.05) is 31.2 Å². The van der Waals surface area contributed by atoms with Gasteiger partial charge in [-0.15, -0.1) is 0 Å². The van der Waals surface area contributed by atoms with Crippen LogP contribution < -0.4 is 15.4 Å². The van der Waals surface area contributed by atoms with Crippen molar-refractivity contribution in [1.82, 2.24) is 0 Å². The Labute approximate surface area is 178 Å². The van der Waals surface area contributed by atoms with Crippen LogP contribution >= 0.6 is 11.6 Å². The van der Waals surface area contributed by atoms with Gasteiger partial charge >= 0.3 is 0 Å². The van der Waals surface area contributed by atoms with E-state index < -0.39 is 4.92 Å². The zero-order valence-electron chi connectivity index (χ0n) is 16.2. The van der Waals surface area contributed by atoms with Crippen LogP contribution in [0.15, 0.2) is 66.7 Å². The molecule has 1 amide bonds. The van der Waals surface area contributed by atoms with Gasteiger partial charge in [-0.25, -0.2) is 0 Å². The highest BCUT2D eigenvalue weighted by molar-refractivity contribution is 6.30. The van der Waals surface area contributed by atoms with Crippen LogP contribution in [0.4, 0.5) is 17.1 Å². The number of hydrogen-bond donors (Lipinski definition) is 2. The van der Waals surface area contributed by atoms with E-state index in [0.717, 1.165) is 11.1 Å². The summed E-state index contributed by atoms with van der Waals surface area (Å²) < 4.78 is 5.69. The quantitative estimate of drug-likeness (QED) is 0.383. The number of benzene rings is 3. The molecule has 0 bridgehead atoms. The number of non-ortho nitro benzene ring substituents is 1. The first-order chi connectivity index (χ1) is 14.4. The minimum absolute atomic E-state index is 0.00427. The first-order valence-electron chi connectivity index (χ1n) is 9.17. The van der Waals surface area contributed by atoms with Gasteiger partial charge in [-0.2, -0.15) is 0 Å². The lowest BCUT2D eigenvalue weighted by molar-refractivity contribution is -0.384. The largest absolute Gasteiger partial charge is 0.483 e. The van der Waals surface area contributed by atoms with E-state index in [1.165, 1.54) is 12.1 Å². The van der Waals surface area contributed by atoms with Crippen LogP contribution in [-0.4, -0.2) is 17.4 Å². The predicted molar refractivity (Wildman–Crippen MR) is 117 cm³/mol. The van der Waals surface area contributed by atoms with Gasteiger partial charge in [0, 0.05) is 40.6 Å². The van der Waals surface area contributed by atoms with Crippen LogP contribution in [-0.2, 0) is 11.3 Å². The number of rotatable bonds is 8. The Bertz CT molecular complexity index is 1070. The molecule has 0 aliphatic carbocycles. The average molecular weight is 426 g/mol. The molecule has 0 radical (unpaired) electrons. The number of carbonyl (C=O) groups is 1. The number of hydrogen-bond acceptors (Lipinski definition) is 5. The normalized spacial score (nSPS) is 10.3. The SMILES string of the molecule is Cc1cccc(NC(=O)COc2ccc(Cl)cc2CNc2cccc([N+](=O)[O-])c2)c1. The van der Waals surface area contributed by atoms with E-state index in [4.69, 9.17) is 16.3 Å². The molecule has 2 N–H and O–H groups in total. The molecule has 0 saturated heterocycles. The number of ether oxygens (including phenoxy) is 1. The number of nitrogens with zero attached hydrogens (tertiary/aromatic N) is 1. The topological polar surface area (TPSA) is 93.5 Å². The van der Waals surface area contributed by atoms with E-state index >= 15 is 0 Å². The maximum Gasteiger partial charge on any atom is 0.271 e. The highest BCUT2D eigenvalue weighted by atomic mass is 35.5. The molecule has 3 aromatic rings. The molecule has 3 rings (SSSR count). The first kappa shape index (κ1) is 21.1. The summed E-state index contributed by atoms with van der Waals surface area (Å²) in [7, 11) is 0. The standard InChI is InChI=1S/C22H20ClN3O4/c1-15-4-2-6-19(10-15)25-22(27)14-30-21-9-8-17(23)11-16(21)13-24-18-5-3-7-20(12-18)26(28)29/h2-12,24H,13-14H2,1H3,(H,25,27). The van der Waals surface area contributed by atoms with Gasteiger partial charge in [0.05, 0.1) is 4.92 Å². The Hall–Kier alpha value is -3.58. The Morgan fingerprint density at radius 2 is 1.83 bits per heavy atom. The molecule has 0 aromatic heterocycles. The second-order valence-corrected chi connectivity index (χ2v) is 7.06. The van der Waals surface area contributed by atoms with E-state index in [2.05, 4.69) is 10.6 Å². The zero-order chi connectivity index (χ0) is 21.5. The molecule has 0 fully saturated rings. The summed E-state index contributed by atoms with van der Waals surface area (Å²) >= 11 is 6.10. The molecule has 0 saturated carbocycles. The summed E-state index contributed by atoms with van der Waals surface area (Å²) in [5, 5.41) is 17.3. The minimum atomic E-state index is -0.452. The number of nitrogens with one attached hydrogen (secondary N) is 2. The van der Waals surface area contributed by atoms with E-state index in [1.54, 1.807) is 30.3 Å². The third-order valence-corrected chi connectivity index (χ3v) is 4.46. The predicted octanol–water partition coefficient (Wildman–Crippen LogP) is 5.19. The van der Waals surface area contributed by atoms with Crippen LogP contribution in [0.3, 0.4) is 0 Å². The maximum atomic E-state index is 12.2. The maximum absolute atomic E-state index is 12.2. The smallest absolute Gasteiger partial charge is 0.271 e. The van der Waals surface area contributed by atoms with Crippen molar-refractivity contribution in [3.8, 4) is 5.75 Å². The number of amides is 1. The Kier molecular flexibility index (Phi) is 6.87. The van der Waals surface area contributed by atoms with Crippen LogP contribution in [0.1, 0.15) is 11.1 Å². The number of nitro benzene ring substituents is 1. The second kappa shape index (κ2) is 9.76. The third-order valence-electron chi connectivity index (χ3n) is 4.22. The van der Waals surface area contributed by atoms with E-state index in [9.17, 15) is 14.9 Å². The van der Waals surface area contributed by atoms with Gasteiger partial charge in [0.2, 0.25) is 0 Å². The number of carbonyl (C=O) groups excluding carboxylic acids is 1. The van der Waals surface area contributed by atoms with Crippen molar-refractivity contribution in [2.45, 2.75) is 13.5 Å². The zero-order valence-corrected chi connectivity index (χ0v) is 17.0. The molecule has 0 atom stereocenters. The van der Waals surface area contributed by atoms with Crippen molar-refractivity contribution in [2.75, 3.05) is 17.2 Å². The molecule has 3 aromatic carbocycles. The summed E-state index contributed by atoms with van der Waals surface area (Å²) in [5.41, 5.74) is 3.05. The molecule has 30 heavy (non-hydrogen) atoms. The molecular formula is C22H20ClN3O4. The van der Waals surface area contributed by atoms with Crippen molar-refractivity contribution < 1.29 is 14.5 Å². The molecule has 8 heteroatoms. The van der Waals surface area contributed by atoms with Crippen molar-refractivity contribution in [3.63, 3.8) is 0 Å². The molecule has 0 heterocycles. The van der Waals surface area contributed by atoms with E-state index in [-0.39, 0.29) is 18.2 Å². The van der Waals surface area contributed by atoms with Crippen LogP contribution in [0.5, 0.6) is 5.75 Å². The summed E-state index contributed by atoms with van der Waals surface area (Å²) in [6.45, 7) is 2.09. The minimum Gasteiger partial charge on any atom is -0.483 e. The fraction of sp³-hybridized carbons (Fsp3) is 0.136. The van der Waals surface area contributed by atoms with Gasteiger partial charge in [0.15, 0.2) is 6.61 Å². The monoisotopic (exact) mass is 425 g/mol. The van der Waals surface area contributed by atoms with Gasteiger partial charge in [0.1, 0.15) is 5.75 Å². The number of aryl methyl sites for hydroxylation is 1. The van der Waals surface area contributed by atoms with Crippen molar-refractivity contribution in [2.24, 2.45) is 0 Å². The lowest BCUT2D eigenvalue weighted by Crippen LogP contribution is -2.20. The fourth-order valence-electron chi connectivity index (χ4n) is 2.82. The van der Waals surface area contributed by atoms with Crippen LogP contribution in [0.2, 0.25) is 5.02 Å². The molecule has 0 aliphatic heterocycles. The second-order valence-electron chi connectivity index (χ2n) is 6.62. The fourth-order valence-corrected chi connectivity index (χ4v) is 3.01. The lowest BCUT2D eigenvalue weighted by Gasteiger charge is -2.13. The molecule has 7 nitrogen and oxygen atoms in total. The molecular weight excluding hydrogens is 406 g/mol. The Balaban J connectivity index is 1.64.